The number of hydrogen-bond acceptors (Lipinski definition) is 5. The van der Waals surface area contributed by atoms with Gasteiger partial charge in [-0.15, -0.1) is 0 Å². The summed E-state index contributed by atoms with van der Waals surface area (Å²) < 4.78 is 51.0. The van der Waals surface area contributed by atoms with E-state index in [9.17, 15) is 22.8 Å². The Morgan fingerprint density at radius 3 is 2.65 bits per heavy atom. The van der Waals surface area contributed by atoms with Gasteiger partial charge in [0.1, 0.15) is 17.9 Å². The second kappa shape index (κ2) is 9.49. The summed E-state index contributed by atoms with van der Waals surface area (Å²) in [5.41, 5.74) is -1.48. The summed E-state index contributed by atoms with van der Waals surface area (Å²) >= 11 is 0. The number of amides is 2. The Hall–Kier alpha value is -3.58. The van der Waals surface area contributed by atoms with Gasteiger partial charge in [0, 0.05) is 12.3 Å². The predicted octanol–water partition coefficient (Wildman–Crippen LogP) is 3.71. The molecule has 0 spiro atoms. The lowest BCUT2D eigenvalue weighted by molar-refractivity contribution is -0.137. The van der Waals surface area contributed by atoms with Crippen LogP contribution in [-0.4, -0.2) is 31.1 Å². The Morgan fingerprint density at radius 1 is 1.19 bits per heavy atom. The molecular weight excluding hydrogens is 415 g/mol. The van der Waals surface area contributed by atoms with Gasteiger partial charge >= 0.3 is 6.18 Å². The molecular formula is C21H18F3N3O4. The number of anilines is 2. The number of carbonyl (C=O) groups excluding carboxylic acids is 2. The Labute approximate surface area is 175 Å². The third-order valence-corrected chi connectivity index (χ3v) is 4.45. The summed E-state index contributed by atoms with van der Waals surface area (Å²) in [6.45, 7) is -0.161. The summed E-state index contributed by atoms with van der Waals surface area (Å²) in [6.07, 6.45) is -4.26. The molecule has 0 bridgehead atoms. The molecule has 2 aromatic carbocycles. The number of halogens is 3. The molecule has 0 saturated carbocycles. The molecule has 31 heavy (non-hydrogen) atoms. The van der Waals surface area contributed by atoms with Crippen LogP contribution < -0.4 is 15.4 Å². The molecule has 1 heterocycles. The van der Waals surface area contributed by atoms with Crippen molar-refractivity contribution in [3.05, 3.63) is 53.6 Å². The van der Waals surface area contributed by atoms with Crippen molar-refractivity contribution in [2.75, 3.05) is 23.8 Å². The number of benzene rings is 2. The third-order valence-electron chi connectivity index (χ3n) is 4.45. The van der Waals surface area contributed by atoms with Crippen LogP contribution in [0.25, 0.3) is 0 Å². The number of nitrogens with one attached hydrogen (secondary N) is 2. The molecule has 1 fully saturated rings. The number of ether oxygens (including phenoxy) is 2. The first-order valence-electron chi connectivity index (χ1n) is 9.33. The highest BCUT2D eigenvalue weighted by Crippen LogP contribution is 2.36. The first-order chi connectivity index (χ1) is 14.8. The molecule has 2 amide bonds. The van der Waals surface area contributed by atoms with Gasteiger partial charge in [-0.25, -0.2) is 0 Å². The summed E-state index contributed by atoms with van der Waals surface area (Å²) in [7, 11) is 0. The zero-order valence-corrected chi connectivity index (χ0v) is 16.2. The minimum atomic E-state index is -4.78. The SMILES string of the molecule is N#Cc1ccccc1OCC(=O)Nc1ccc(NC(=O)C2CCCO2)cc1C(F)(F)F. The van der Waals surface area contributed by atoms with Crippen molar-refractivity contribution in [3.8, 4) is 11.8 Å². The minimum absolute atomic E-state index is 0.0648. The van der Waals surface area contributed by atoms with Crippen LogP contribution in [0.15, 0.2) is 42.5 Å². The summed E-state index contributed by atoms with van der Waals surface area (Å²) in [6, 6.07) is 11.1. The van der Waals surface area contributed by atoms with Gasteiger partial charge < -0.3 is 20.1 Å². The van der Waals surface area contributed by atoms with Crippen molar-refractivity contribution in [2.45, 2.75) is 25.1 Å². The topological polar surface area (TPSA) is 100 Å². The van der Waals surface area contributed by atoms with Gasteiger partial charge in [-0.3, -0.25) is 9.59 Å². The molecule has 3 rings (SSSR count). The van der Waals surface area contributed by atoms with Crippen LogP contribution >= 0.6 is 0 Å². The fourth-order valence-corrected chi connectivity index (χ4v) is 2.99. The first kappa shape index (κ1) is 22.1. The molecule has 1 atom stereocenters. The maximum Gasteiger partial charge on any atom is 0.418 e. The summed E-state index contributed by atoms with van der Waals surface area (Å²) in [4.78, 5) is 24.2. The Kier molecular flexibility index (Phi) is 6.77. The van der Waals surface area contributed by atoms with E-state index >= 15 is 0 Å². The molecule has 2 N–H and O–H groups in total. The molecule has 0 radical (unpaired) electrons. The van der Waals surface area contributed by atoms with Gasteiger partial charge in [-0.05, 0) is 43.2 Å². The van der Waals surface area contributed by atoms with Crippen LogP contribution in [0.3, 0.4) is 0 Å². The maximum atomic E-state index is 13.5. The average Bonchev–Trinajstić information content (AvgIpc) is 3.28. The summed E-state index contributed by atoms with van der Waals surface area (Å²) in [5, 5.41) is 13.6. The van der Waals surface area contributed by atoms with Crippen molar-refractivity contribution in [1.82, 2.24) is 0 Å². The second-order valence-electron chi connectivity index (χ2n) is 6.69. The molecule has 1 aliphatic heterocycles. The van der Waals surface area contributed by atoms with Crippen LogP contribution in [0.1, 0.15) is 24.0 Å². The van der Waals surface area contributed by atoms with Crippen molar-refractivity contribution in [2.24, 2.45) is 0 Å². The highest BCUT2D eigenvalue weighted by Gasteiger charge is 2.35. The van der Waals surface area contributed by atoms with E-state index in [-0.39, 0.29) is 17.0 Å². The van der Waals surface area contributed by atoms with Crippen LogP contribution in [0.4, 0.5) is 24.5 Å². The van der Waals surface area contributed by atoms with E-state index in [1.54, 1.807) is 12.1 Å². The van der Waals surface area contributed by atoms with E-state index in [2.05, 4.69) is 10.6 Å². The van der Waals surface area contributed by atoms with E-state index in [0.717, 1.165) is 12.1 Å². The number of alkyl halides is 3. The van der Waals surface area contributed by atoms with Gasteiger partial charge in [0.2, 0.25) is 0 Å². The molecule has 2 aromatic rings. The van der Waals surface area contributed by atoms with Crippen molar-refractivity contribution >= 4 is 23.2 Å². The van der Waals surface area contributed by atoms with Gasteiger partial charge in [0.15, 0.2) is 6.61 Å². The standard InChI is InChI=1S/C21H18F3N3O4/c22-21(23,24)15-10-14(26-20(29)18-6-3-9-30-18)7-8-16(15)27-19(28)12-31-17-5-2-1-4-13(17)11-25/h1-2,4-5,7-8,10,18H,3,6,9,12H2,(H,26,29)(H,27,28). The molecule has 1 saturated heterocycles. The van der Waals surface area contributed by atoms with Crippen molar-refractivity contribution in [3.63, 3.8) is 0 Å². The number of carbonyl (C=O) groups is 2. The second-order valence-corrected chi connectivity index (χ2v) is 6.69. The zero-order chi connectivity index (χ0) is 22.4. The fourth-order valence-electron chi connectivity index (χ4n) is 2.99. The minimum Gasteiger partial charge on any atom is -0.482 e. The van der Waals surface area contributed by atoms with Crippen LogP contribution in [0.2, 0.25) is 0 Å². The average molecular weight is 433 g/mol. The van der Waals surface area contributed by atoms with Crippen molar-refractivity contribution < 1.29 is 32.2 Å². The number of rotatable bonds is 6. The Balaban J connectivity index is 1.70. The molecule has 1 unspecified atom stereocenters. The maximum absolute atomic E-state index is 13.5. The highest BCUT2D eigenvalue weighted by molar-refractivity contribution is 5.96. The van der Waals surface area contributed by atoms with E-state index in [1.807, 2.05) is 6.07 Å². The van der Waals surface area contributed by atoms with E-state index in [4.69, 9.17) is 14.7 Å². The van der Waals surface area contributed by atoms with E-state index in [0.29, 0.717) is 19.4 Å². The molecule has 0 aliphatic carbocycles. The Bertz CT molecular complexity index is 1010. The number of nitriles is 1. The van der Waals surface area contributed by atoms with Crippen LogP contribution in [-0.2, 0) is 20.5 Å². The molecule has 0 aromatic heterocycles. The monoisotopic (exact) mass is 433 g/mol. The lowest BCUT2D eigenvalue weighted by Crippen LogP contribution is -2.27. The first-order valence-corrected chi connectivity index (χ1v) is 9.33. The Morgan fingerprint density at radius 2 is 1.97 bits per heavy atom. The largest absolute Gasteiger partial charge is 0.482 e. The third kappa shape index (κ3) is 5.73. The van der Waals surface area contributed by atoms with Gasteiger partial charge in [-0.1, -0.05) is 12.1 Å². The van der Waals surface area contributed by atoms with Crippen LogP contribution in [0.5, 0.6) is 5.75 Å². The lowest BCUT2D eigenvalue weighted by atomic mass is 10.1. The smallest absolute Gasteiger partial charge is 0.418 e. The zero-order valence-electron chi connectivity index (χ0n) is 16.2. The lowest BCUT2D eigenvalue weighted by Gasteiger charge is -2.17. The quantitative estimate of drug-likeness (QED) is 0.723. The van der Waals surface area contributed by atoms with Gasteiger partial charge in [0.05, 0.1) is 16.8 Å². The predicted molar refractivity (Wildman–Crippen MR) is 104 cm³/mol. The van der Waals surface area contributed by atoms with E-state index < -0.39 is 42.0 Å². The summed E-state index contributed by atoms with van der Waals surface area (Å²) in [5.74, 6) is -1.22. The van der Waals surface area contributed by atoms with Crippen molar-refractivity contribution in [1.29, 1.82) is 5.26 Å². The fraction of sp³-hybridized carbons (Fsp3) is 0.286. The molecule has 7 nitrogen and oxygen atoms in total. The number of nitrogens with zero attached hydrogens (tertiary/aromatic N) is 1. The van der Waals surface area contributed by atoms with E-state index in [1.165, 1.54) is 18.2 Å². The van der Waals surface area contributed by atoms with Crippen LogP contribution in [0, 0.1) is 11.3 Å². The molecule has 10 heteroatoms. The normalized spacial score (nSPS) is 15.7. The molecule has 1 aliphatic rings. The van der Waals surface area contributed by atoms with Gasteiger partial charge in [0.25, 0.3) is 11.8 Å². The van der Waals surface area contributed by atoms with Gasteiger partial charge in [-0.2, -0.15) is 18.4 Å². The highest BCUT2D eigenvalue weighted by atomic mass is 19.4. The number of para-hydroxylation sites is 1. The number of hydrogen-bond donors (Lipinski definition) is 2. The molecule has 162 valence electrons.